The van der Waals surface area contributed by atoms with Gasteiger partial charge in [0.25, 0.3) is 0 Å². The van der Waals surface area contributed by atoms with Crippen molar-refractivity contribution in [3.63, 3.8) is 0 Å². The number of carbonyl (C=O) groups is 1. The second-order valence-electron chi connectivity index (χ2n) is 11.0. The lowest BCUT2D eigenvalue weighted by Gasteiger charge is -2.50. The Morgan fingerprint density at radius 3 is 2.32 bits per heavy atom. The average Bonchev–Trinajstić information content (AvgIpc) is 3.74. The molecule has 7 heteroatoms. The lowest BCUT2D eigenvalue weighted by molar-refractivity contribution is -0.134. The first-order chi connectivity index (χ1) is 18.0. The molecule has 1 aromatic heterocycles. The minimum Gasteiger partial charge on any atom is -0.497 e. The van der Waals surface area contributed by atoms with Gasteiger partial charge in [-0.25, -0.2) is 0 Å². The van der Waals surface area contributed by atoms with Gasteiger partial charge in [0.1, 0.15) is 11.5 Å². The number of ether oxygens (including phenoxy) is 2. The summed E-state index contributed by atoms with van der Waals surface area (Å²) in [4.78, 5) is 17.4. The van der Waals surface area contributed by atoms with Crippen molar-refractivity contribution in [1.29, 1.82) is 0 Å². The molecule has 0 radical (unpaired) electrons. The van der Waals surface area contributed by atoms with Gasteiger partial charge >= 0.3 is 0 Å². The van der Waals surface area contributed by atoms with Gasteiger partial charge in [-0.15, -0.1) is 0 Å². The maximum atomic E-state index is 12.9. The fourth-order valence-corrected chi connectivity index (χ4v) is 6.75. The zero-order chi connectivity index (χ0) is 25.7. The van der Waals surface area contributed by atoms with Gasteiger partial charge in [-0.05, 0) is 61.1 Å². The zero-order valence-electron chi connectivity index (χ0n) is 22.1. The van der Waals surface area contributed by atoms with E-state index in [0.717, 1.165) is 68.9 Å². The van der Waals surface area contributed by atoms with Crippen molar-refractivity contribution < 1.29 is 19.4 Å². The molecule has 1 aliphatic carbocycles. The number of benzene rings is 2. The Hall–Kier alpha value is -3.03. The van der Waals surface area contributed by atoms with E-state index in [9.17, 15) is 9.90 Å². The van der Waals surface area contributed by atoms with E-state index in [1.54, 1.807) is 14.2 Å². The summed E-state index contributed by atoms with van der Waals surface area (Å²) in [5, 5.41) is 12.0. The summed E-state index contributed by atoms with van der Waals surface area (Å²) in [5.41, 5.74) is 4.79. The number of carbonyl (C=O) groups excluding carboxylic acids is 1. The molecule has 3 heterocycles. The molecule has 3 aliphatic rings. The minimum absolute atomic E-state index is 0.0484. The van der Waals surface area contributed by atoms with Gasteiger partial charge in [-0.1, -0.05) is 12.1 Å². The molecule has 1 N–H and O–H groups in total. The third-order valence-corrected chi connectivity index (χ3v) is 8.92. The van der Waals surface area contributed by atoms with E-state index in [-0.39, 0.29) is 24.0 Å². The second kappa shape index (κ2) is 9.37. The number of aliphatic hydroxyl groups is 1. The molecule has 2 aromatic carbocycles. The zero-order valence-corrected chi connectivity index (χ0v) is 22.1. The predicted molar refractivity (Wildman–Crippen MR) is 143 cm³/mol. The molecule has 3 aromatic rings. The standard InChI is InChI=1S/C30H37N3O4/c1-31-25-16-23(37-3)10-11-24(25)27-28(31)26(18-34)33(17-20-4-8-22(36-2)9-5-20)19-30(27)12-14-32(15-13-30)29(35)21-6-7-21/h4-5,8-11,16,21,26,34H,6-7,12-15,17-19H2,1-3H3/t26-/m0/s1. The van der Waals surface area contributed by atoms with E-state index < -0.39 is 0 Å². The van der Waals surface area contributed by atoms with Crippen LogP contribution in [0.2, 0.25) is 0 Å². The number of fused-ring (bicyclic) bond motifs is 4. The number of nitrogens with zero attached hydrogens (tertiary/aromatic N) is 3. The lowest BCUT2D eigenvalue weighted by Crippen LogP contribution is -2.54. The first kappa shape index (κ1) is 24.3. The monoisotopic (exact) mass is 503 g/mol. The number of piperidine rings is 1. The third kappa shape index (κ3) is 4.09. The predicted octanol–water partition coefficient (Wildman–Crippen LogP) is 4.01. The van der Waals surface area contributed by atoms with Crippen LogP contribution in [0, 0.1) is 5.92 Å². The summed E-state index contributed by atoms with van der Waals surface area (Å²) in [7, 11) is 5.49. The van der Waals surface area contributed by atoms with Gasteiger partial charge in [0.05, 0.1) is 32.4 Å². The number of aromatic nitrogens is 1. The summed E-state index contributed by atoms with van der Waals surface area (Å²) in [6.07, 6.45) is 3.95. The molecule has 0 bridgehead atoms. The number of aryl methyl sites for hydroxylation is 1. The lowest BCUT2D eigenvalue weighted by atomic mass is 9.68. The van der Waals surface area contributed by atoms with Gasteiger partial charge in [0.2, 0.25) is 5.91 Å². The maximum Gasteiger partial charge on any atom is 0.225 e. The highest BCUT2D eigenvalue weighted by molar-refractivity contribution is 5.89. The van der Waals surface area contributed by atoms with Crippen LogP contribution in [0.3, 0.4) is 0 Å². The Bertz CT molecular complexity index is 1300. The van der Waals surface area contributed by atoms with Crippen LogP contribution in [0.1, 0.15) is 48.5 Å². The van der Waals surface area contributed by atoms with E-state index in [1.165, 1.54) is 22.2 Å². The van der Waals surface area contributed by atoms with Crippen molar-refractivity contribution in [2.75, 3.05) is 40.5 Å². The van der Waals surface area contributed by atoms with Crippen LogP contribution >= 0.6 is 0 Å². The van der Waals surface area contributed by atoms with Crippen LogP contribution in [0.25, 0.3) is 10.9 Å². The molecule has 2 aliphatic heterocycles. The Morgan fingerprint density at radius 1 is 1.03 bits per heavy atom. The first-order valence-corrected chi connectivity index (χ1v) is 13.4. The number of aliphatic hydroxyl groups excluding tert-OH is 1. The van der Waals surface area contributed by atoms with Gasteiger partial charge in [0.15, 0.2) is 0 Å². The van der Waals surface area contributed by atoms with Gasteiger partial charge in [-0.2, -0.15) is 0 Å². The highest BCUT2D eigenvalue weighted by Crippen LogP contribution is 2.50. The Balaban J connectivity index is 1.43. The molecule has 7 nitrogen and oxygen atoms in total. The number of amides is 1. The molecule has 1 atom stereocenters. The molecule has 37 heavy (non-hydrogen) atoms. The SMILES string of the molecule is COc1ccc(CN2CC3(CCN(C(=O)C4CC4)CC3)c3c(n(C)c4cc(OC)ccc34)[C@@H]2CO)cc1. The van der Waals surface area contributed by atoms with Gasteiger partial charge < -0.3 is 24.0 Å². The third-order valence-electron chi connectivity index (χ3n) is 8.92. The fourth-order valence-electron chi connectivity index (χ4n) is 6.75. The van der Waals surface area contributed by atoms with Crippen LogP contribution in [-0.2, 0) is 23.8 Å². The van der Waals surface area contributed by atoms with Crippen molar-refractivity contribution in [3.8, 4) is 11.5 Å². The Morgan fingerprint density at radius 2 is 1.70 bits per heavy atom. The molecule has 1 saturated heterocycles. The smallest absolute Gasteiger partial charge is 0.225 e. The molecule has 1 saturated carbocycles. The number of hydrogen-bond donors (Lipinski definition) is 1. The van der Waals surface area contributed by atoms with Crippen molar-refractivity contribution in [2.24, 2.45) is 13.0 Å². The van der Waals surface area contributed by atoms with Crippen molar-refractivity contribution in [2.45, 2.75) is 43.7 Å². The van der Waals surface area contributed by atoms with E-state index in [2.05, 4.69) is 45.7 Å². The van der Waals surface area contributed by atoms with E-state index in [0.29, 0.717) is 5.91 Å². The fraction of sp³-hybridized carbons (Fsp3) is 0.500. The number of methoxy groups -OCH3 is 2. The molecule has 1 amide bonds. The summed E-state index contributed by atoms with van der Waals surface area (Å²) >= 11 is 0. The molecular formula is C30H37N3O4. The Kier molecular flexibility index (Phi) is 6.16. The normalized spacial score (nSPS) is 21.3. The number of hydrogen-bond acceptors (Lipinski definition) is 5. The van der Waals surface area contributed by atoms with Crippen molar-refractivity contribution in [1.82, 2.24) is 14.4 Å². The van der Waals surface area contributed by atoms with Crippen molar-refractivity contribution in [3.05, 3.63) is 59.3 Å². The van der Waals surface area contributed by atoms with Crippen LogP contribution in [0.5, 0.6) is 11.5 Å². The first-order valence-electron chi connectivity index (χ1n) is 13.4. The Labute approximate surface area is 218 Å². The molecular weight excluding hydrogens is 466 g/mol. The largest absolute Gasteiger partial charge is 0.497 e. The summed E-state index contributed by atoms with van der Waals surface area (Å²) in [6, 6.07) is 14.4. The van der Waals surface area contributed by atoms with Crippen LogP contribution in [-0.4, -0.2) is 65.8 Å². The molecule has 6 rings (SSSR count). The topological polar surface area (TPSA) is 67.2 Å². The van der Waals surface area contributed by atoms with Gasteiger partial charge in [0, 0.05) is 61.7 Å². The number of likely N-dealkylation sites (tertiary alicyclic amines) is 1. The quantitative estimate of drug-likeness (QED) is 0.551. The second-order valence-corrected chi connectivity index (χ2v) is 11.0. The summed E-state index contributed by atoms with van der Waals surface area (Å²) in [5.74, 6) is 2.28. The molecule has 196 valence electrons. The summed E-state index contributed by atoms with van der Waals surface area (Å²) < 4.78 is 13.2. The van der Waals surface area contributed by atoms with Crippen LogP contribution in [0.15, 0.2) is 42.5 Å². The average molecular weight is 504 g/mol. The van der Waals surface area contributed by atoms with Crippen molar-refractivity contribution >= 4 is 16.8 Å². The summed E-state index contributed by atoms with van der Waals surface area (Å²) in [6.45, 7) is 3.23. The van der Waals surface area contributed by atoms with E-state index in [1.807, 2.05) is 18.2 Å². The molecule has 2 fully saturated rings. The van der Waals surface area contributed by atoms with Gasteiger partial charge in [-0.3, -0.25) is 9.69 Å². The maximum absolute atomic E-state index is 12.9. The van der Waals surface area contributed by atoms with E-state index >= 15 is 0 Å². The minimum atomic E-state index is -0.114. The van der Waals surface area contributed by atoms with Crippen LogP contribution < -0.4 is 9.47 Å². The highest BCUT2D eigenvalue weighted by atomic mass is 16.5. The van der Waals surface area contributed by atoms with E-state index in [4.69, 9.17) is 9.47 Å². The highest BCUT2D eigenvalue weighted by Gasteiger charge is 2.49. The molecule has 1 spiro atoms. The number of rotatable bonds is 6. The van der Waals surface area contributed by atoms with Crippen LogP contribution in [0.4, 0.5) is 0 Å². The molecule has 0 unspecified atom stereocenters.